The van der Waals surface area contributed by atoms with Gasteiger partial charge in [0.15, 0.2) is 0 Å². The molecular formula is Br5K2NOOs. The van der Waals surface area contributed by atoms with Crippen molar-refractivity contribution in [2.45, 2.75) is 0 Å². The summed E-state index contributed by atoms with van der Waals surface area (Å²) >= 11 is 15.3. The van der Waals surface area contributed by atoms with Gasteiger partial charge in [-0.3, -0.25) is 0 Å². The molecule has 0 aromatic rings. The zero-order chi connectivity index (χ0) is 7.12. The smallest absolute Gasteiger partial charge is 1.00 e. The van der Waals surface area contributed by atoms with Gasteiger partial charge in [0.1, 0.15) is 0 Å². The Hall–Kier alpha value is 5.91. The molecule has 2 nitrogen and oxygen atoms in total. The molecule has 0 saturated carbocycles. The molecule has 0 N–H and O–H groups in total. The Bertz CT molecular complexity index is 123. The van der Waals surface area contributed by atoms with Gasteiger partial charge >= 0.3 is 182 Å². The molecule has 0 aliphatic rings. The third-order valence-corrected chi connectivity index (χ3v) is 5.19. The van der Waals surface area contributed by atoms with Crippen LogP contribution in [0.25, 0.3) is 0 Å². The molecule has 0 aliphatic heterocycles. The summed E-state index contributed by atoms with van der Waals surface area (Å²) in [6.07, 6.45) is 0. The van der Waals surface area contributed by atoms with E-state index < -0.39 is 2.99 Å². The molecule has 0 fully saturated rings. The van der Waals surface area contributed by atoms with Crippen molar-refractivity contribution in [1.82, 2.24) is 0 Å². The Morgan fingerprint density at radius 1 is 0.900 bits per heavy atom. The standard InChI is InChI=1S/5BrH.2K.NO.Os/c;;;;;;;1-2;/h5*1H;;;;/q;;;;;2*+1;-1;+4/p-5. The van der Waals surface area contributed by atoms with E-state index in [4.69, 9.17) is 0 Å². The number of halogens is 5. The van der Waals surface area contributed by atoms with E-state index >= 15 is 0 Å². The van der Waals surface area contributed by atoms with Crippen LogP contribution in [-0.2, 0) is 2.99 Å². The van der Waals surface area contributed by atoms with Crippen molar-refractivity contribution in [2.24, 2.45) is 3.88 Å². The minimum absolute atomic E-state index is 0. The molecule has 0 spiro atoms. The normalized spacial score (nSPS) is 16.9. The number of nitroso groups, excluding NO2 is 1. The van der Waals surface area contributed by atoms with Crippen LogP contribution in [0, 0.1) is 4.91 Å². The second-order valence-electron chi connectivity index (χ2n) is 0.868. The largest absolute Gasteiger partial charge is 1.00 e. The number of nitrogens with zero attached hydrogens (tertiary/aromatic N) is 1. The summed E-state index contributed by atoms with van der Waals surface area (Å²) in [7, 11) is 0. The van der Waals surface area contributed by atoms with Crippen molar-refractivity contribution in [1.29, 1.82) is 0 Å². The molecule has 0 bridgehead atoms. The van der Waals surface area contributed by atoms with E-state index in [1.54, 1.807) is 0 Å². The average Bonchev–Trinajstić information content (AvgIpc) is 1.30. The van der Waals surface area contributed by atoms with E-state index in [0.29, 0.717) is 0 Å². The molecule has 10 heteroatoms. The summed E-state index contributed by atoms with van der Waals surface area (Å²) in [5, 5.41) is 0. The summed E-state index contributed by atoms with van der Waals surface area (Å²) in [5.74, 6) is 0. The van der Waals surface area contributed by atoms with Crippen LogP contribution < -0.4 is 103 Å². The maximum atomic E-state index is 10.1. The zero-order valence-corrected chi connectivity index (χ0v) is 21.8. The quantitative estimate of drug-likeness (QED) is 0.241. The van der Waals surface area contributed by atoms with Crippen molar-refractivity contribution in [3.63, 3.8) is 0 Å². The number of hydrogen-bond donors (Lipinski definition) is 0. The first-order valence-corrected chi connectivity index (χ1v) is 29.9. The van der Waals surface area contributed by atoms with Crippen LogP contribution in [0.4, 0.5) is 0 Å². The van der Waals surface area contributed by atoms with Gasteiger partial charge in [-0.1, -0.05) is 0 Å². The van der Waals surface area contributed by atoms with E-state index in [0.717, 1.165) is 0 Å². The fourth-order valence-corrected chi connectivity index (χ4v) is 0. The summed E-state index contributed by atoms with van der Waals surface area (Å²) in [6.45, 7) is 0. The molecule has 0 aromatic heterocycles. The van der Waals surface area contributed by atoms with Gasteiger partial charge in [-0.05, 0) is 0 Å². The molecule has 0 amide bonds. The van der Waals surface area contributed by atoms with Crippen LogP contribution in [-0.4, -0.2) is 0 Å². The first kappa shape index (κ1) is 21.2. The Labute approximate surface area is 176 Å². The van der Waals surface area contributed by atoms with E-state index in [1.807, 2.05) is 0 Å². The maximum absolute atomic E-state index is 10.1. The molecule has 0 unspecified atom stereocenters. The van der Waals surface area contributed by atoms with Gasteiger partial charge in [-0.2, -0.15) is 0 Å². The Kier molecular flexibility index (Phi) is 12.8. The SMILES string of the molecule is O=[N][Os-2]([Br])([Br])([Br])([Br])[Br].[K+].[K+]. The maximum Gasteiger partial charge on any atom is 1.00 e. The molecule has 0 heterocycles. The van der Waals surface area contributed by atoms with Crippen molar-refractivity contribution in [2.75, 3.05) is 0 Å². The van der Waals surface area contributed by atoms with E-state index in [1.165, 1.54) is 0 Å². The van der Waals surface area contributed by atoms with Crippen LogP contribution in [0.2, 0.25) is 0 Å². The molecule has 0 radical (unpaired) electrons. The minimum Gasteiger partial charge on any atom is 1.00 e. The average molecular weight is 698 g/mol. The number of rotatable bonds is 1. The Morgan fingerprint density at radius 3 is 1.00 bits per heavy atom. The summed E-state index contributed by atoms with van der Waals surface area (Å²) in [6, 6.07) is 0. The Morgan fingerprint density at radius 2 is 1.00 bits per heavy atom. The monoisotopic (exact) mass is 694 g/mol. The van der Waals surface area contributed by atoms with Gasteiger partial charge in [-0.25, -0.2) is 0 Å². The molecule has 0 aliphatic carbocycles. The van der Waals surface area contributed by atoms with Crippen molar-refractivity contribution >= 4 is 67.8 Å². The van der Waals surface area contributed by atoms with E-state index in [-0.39, 0.29) is 103 Å². The topological polar surface area (TPSA) is 29.4 Å². The molecule has 0 rings (SSSR count). The van der Waals surface area contributed by atoms with Crippen LogP contribution in [0.5, 0.6) is 0 Å². The van der Waals surface area contributed by atoms with Crippen LogP contribution >= 0.6 is 67.8 Å². The number of hydrogen-bond acceptors (Lipinski definition) is 2. The second-order valence-corrected chi connectivity index (χ2v) is 125. The van der Waals surface area contributed by atoms with Crippen LogP contribution in [0.15, 0.2) is 3.88 Å². The van der Waals surface area contributed by atoms with E-state index in [2.05, 4.69) is 71.7 Å². The van der Waals surface area contributed by atoms with Gasteiger partial charge in [0.2, 0.25) is 0 Å². The second kappa shape index (κ2) is 6.01. The third-order valence-electron chi connectivity index (χ3n) is 0.122. The van der Waals surface area contributed by atoms with Crippen LogP contribution in [0.1, 0.15) is 0 Å². The zero-order valence-electron chi connectivity index (χ0n) is 5.10. The van der Waals surface area contributed by atoms with Crippen molar-refractivity contribution < 1.29 is 106 Å². The van der Waals surface area contributed by atoms with Gasteiger partial charge in [0.25, 0.3) is 0 Å². The van der Waals surface area contributed by atoms with Crippen molar-refractivity contribution in [3.8, 4) is 0 Å². The van der Waals surface area contributed by atoms with Gasteiger partial charge < -0.3 is 0 Å². The van der Waals surface area contributed by atoms with E-state index in [9.17, 15) is 4.91 Å². The Balaban J connectivity index is -0.000000245. The first-order valence-electron chi connectivity index (χ1n) is 1.01. The van der Waals surface area contributed by atoms with Gasteiger partial charge in [0, 0.05) is 0 Å². The van der Waals surface area contributed by atoms with Crippen LogP contribution in [0.3, 0.4) is 0 Å². The fourth-order valence-electron chi connectivity index (χ4n) is 0. The molecular weight excluding hydrogens is 698 g/mol. The summed E-state index contributed by atoms with van der Waals surface area (Å²) < 4.78 is -1.33. The molecule has 0 aromatic carbocycles. The predicted molar refractivity (Wildman–Crippen MR) is 50.4 cm³/mol. The predicted octanol–water partition coefficient (Wildman–Crippen LogP) is -1.55. The van der Waals surface area contributed by atoms with Crippen molar-refractivity contribution in [3.05, 3.63) is 4.91 Å². The molecule has 56 valence electrons. The summed E-state index contributed by atoms with van der Waals surface area (Å²) in [4.78, 5) is 10.1. The molecule has 0 atom stereocenters. The molecule has 10 heavy (non-hydrogen) atoms. The molecule has 0 saturated heterocycles. The van der Waals surface area contributed by atoms with Gasteiger partial charge in [-0.15, -0.1) is 0 Å². The van der Waals surface area contributed by atoms with Gasteiger partial charge in [0.05, 0.1) is 0 Å². The minimum atomic E-state index is -4.14. The summed E-state index contributed by atoms with van der Waals surface area (Å²) in [5.41, 5.74) is 0. The first-order chi connectivity index (χ1) is 3.04. The third kappa shape index (κ3) is 19.5. The fraction of sp³-hybridized carbons (Fsp3) is 0.